The fourth-order valence-electron chi connectivity index (χ4n) is 2.49. The van der Waals surface area contributed by atoms with Gasteiger partial charge in [-0.25, -0.2) is 0 Å². The van der Waals surface area contributed by atoms with Gasteiger partial charge in [0, 0.05) is 18.0 Å². The van der Waals surface area contributed by atoms with E-state index >= 15 is 0 Å². The molecule has 0 radical (unpaired) electrons. The van der Waals surface area contributed by atoms with Gasteiger partial charge in [0.25, 0.3) is 5.56 Å². The number of rotatable bonds is 5. The molecule has 0 bridgehead atoms. The molecule has 0 saturated heterocycles. The molecule has 6 nitrogen and oxygen atoms in total. The minimum absolute atomic E-state index is 0.163. The van der Waals surface area contributed by atoms with Crippen LogP contribution in [0.3, 0.4) is 0 Å². The number of thiazole rings is 1. The second kappa shape index (κ2) is 7.05. The summed E-state index contributed by atoms with van der Waals surface area (Å²) in [5, 5.41) is 4.33. The van der Waals surface area contributed by atoms with E-state index in [0.717, 1.165) is 23.3 Å². The van der Waals surface area contributed by atoms with E-state index in [0.29, 0.717) is 21.9 Å². The van der Waals surface area contributed by atoms with Crippen LogP contribution in [0.1, 0.15) is 18.9 Å². The largest absolute Gasteiger partial charge is 0.494 e. The molecule has 0 unspecified atom stereocenters. The zero-order valence-electron chi connectivity index (χ0n) is 14.1. The van der Waals surface area contributed by atoms with Crippen LogP contribution >= 0.6 is 11.3 Å². The molecule has 130 valence electrons. The van der Waals surface area contributed by atoms with E-state index in [1.807, 2.05) is 42.5 Å². The molecule has 0 amide bonds. The van der Waals surface area contributed by atoms with Crippen molar-refractivity contribution in [3.8, 4) is 17.1 Å². The van der Waals surface area contributed by atoms with Gasteiger partial charge < -0.3 is 4.74 Å². The van der Waals surface area contributed by atoms with Crippen LogP contribution in [-0.2, 0) is 0 Å². The van der Waals surface area contributed by atoms with Crippen LogP contribution in [0.5, 0.6) is 5.75 Å². The van der Waals surface area contributed by atoms with Crippen molar-refractivity contribution in [2.24, 2.45) is 0 Å². The Morgan fingerprint density at radius 2 is 1.92 bits per heavy atom. The van der Waals surface area contributed by atoms with Crippen LogP contribution < -0.4 is 14.8 Å². The Balaban J connectivity index is 1.67. The van der Waals surface area contributed by atoms with Crippen LogP contribution in [0.15, 0.2) is 53.6 Å². The smallest absolute Gasteiger partial charge is 0.291 e. The number of nitrogens with zero attached hydrogens (tertiary/aromatic N) is 4. The third kappa shape index (κ3) is 3.21. The van der Waals surface area contributed by atoms with Gasteiger partial charge in [-0.15, -0.1) is 5.10 Å². The zero-order chi connectivity index (χ0) is 17.9. The summed E-state index contributed by atoms with van der Waals surface area (Å²) in [6.07, 6.45) is 6.17. The average molecular weight is 364 g/mol. The minimum atomic E-state index is -0.163. The normalized spacial score (nSPS) is 12.0. The molecular weight excluding hydrogens is 348 g/mol. The molecule has 0 N–H and O–H groups in total. The monoisotopic (exact) mass is 364 g/mol. The number of fused-ring (bicyclic) bond motifs is 1. The first kappa shape index (κ1) is 16.4. The Morgan fingerprint density at radius 3 is 2.62 bits per heavy atom. The molecule has 0 aliphatic carbocycles. The molecule has 7 heteroatoms. The number of benzene rings is 1. The predicted octanol–water partition coefficient (Wildman–Crippen LogP) is 2.55. The molecular formula is C19H16N4O2S. The maximum atomic E-state index is 12.6. The number of aromatic nitrogens is 4. The summed E-state index contributed by atoms with van der Waals surface area (Å²) in [5.74, 6) is 1.36. The first-order valence-corrected chi connectivity index (χ1v) is 9.11. The van der Waals surface area contributed by atoms with Crippen LogP contribution in [-0.4, -0.2) is 26.2 Å². The van der Waals surface area contributed by atoms with Crippen LogP contribution in [0.25, 0.3) is 22.4 Å². The van der Waals surface area contributed by atoms with Crippen molar-refractivity contribution < 1.29 is 4.74 Å². The first-order valence-electron chi connectivity index (χ1n) is 8.29. The van der Waals surface area contributed by atoms with Crippen molar-refractivity contribution in [3.05, 3.63) is 69.2 Å². The van der Waals surface area contributed by atoms with E-state index in [9.17, 15) is 4.79 Å². The van der Waals surface area contributed by atoms with Gasteiger partial charge in [-0.05, 0) is 42.3 Å². The van der Waals surface area contributed by atoms with Gasteiger partial charge in [-0.2, -0.15) is 9.50 Å². The Labute approximate surface area is 153 Å². The lowest BCUT2D eigenvalue weighted by Gasteiger charge is -2.03. The molecule has 4 aromatic rings. The molecule has 0 spiro atoms. The Hall–Kier alpha value is -3.06. The number of pyridine rings is 1. The summed E-state index contributed by atoms with van der Waals surface area (Å²) in [7, 11) is 0. The van der Waals surface area contributed by atoms with Gasteiger partial charge in [-0.3, -0.25) is 9.78 Å². The summed E-state index contributed by atoms with van der Waals surface area (Å²) in [5.41, 5.74) is 1.61. The maximum Gasteiger partial charge on any atom is 0.291 e. The Bertz CT molecular complexity index is 1130. The highest BCUT2D eigenvalue weighted by atomic mass is 32.1. The summed E-state index contributed by atoms with van der Waals surface area (Å²) in [4.78, 5) is 21.6. The summed E-state index contributed by atoms with van der Waals surface area (Å²) < 4.78 is 7.53. The Morgan fingerprint density at radius 1 is 1.15 bits per heavy atom. The van der Waals surface area contributed by atoms with Gasteiger partial charge in [0.2, 0.25) is 4.96 Å². The summed E-state index contributed by atoms with van der Waals surface area (Å²) in [6.45, 7) is 2.76. The fourth-order valence-corrected chi connectivity index (χ4v) is 3.40. The molecule has 0 saturated carbocycles. The van der Waals surface area contributed by atoms with E-state index in [2.05, 4.69) is 22.0 Å². The van der Waals surface area contributed by atoms with Gasteiger partial charge in [0.15, 0.2) is 5.82 Å². The molecule has 0 fully saturated rings. The van der Waals surface area contributed by atoms with E-state index in [1.165, 1.54) is 15.9 Å². The van der Waals surface area contributed by atoms with Crippen molar-refractivity contribution in [1.29, 1.82) is 0 Å². The van der Waals surface area contributed by atoms with E-state index in [-0.39, 0.29) is 5.56 Å². The maximum absolute atomic E-state index is 12.6. The van der Waals surface area contributed by atoms with Crippen molar-refractivity contribution in [3.63, 3.8) is 0 Å². The quantitative estimate of drug-likeness (QED) is 0.544. The second-order valence-corrected chi connectivity index (χ2v) is 6.71. The number of ether oxygens (including phenoxy) is 1. The Kier molecular flexibility index (Phi) is 4.45. The molecule has 3 heterocycles. The van der Waals surface area contributed by atoms with Gasteiger partial charge in [0.1, 0.15) is 5.75 Å². The second-order valence-electron chi connectivity index (χ2n) is 5.70. The van der Waals surface area contributed by atoms with Crippen molar-refractivity contribution in [2.75, 3.05) is 6.61 Å². The van der Waals surface area contributed by atoms with Crippen molar-refractivity contribution in [1.82, 2.24) is 19.6 Å². The molecule has 3 aromatic heterocycles. The zero-order valence-corrected chi connectivity index (χ0v) is 14.9. The van der Waals surface area contributed by atoms with E-state index < -0.39 is 0 Å². The molecule has 1 aromatic carbocycles. The molecule has 0 atom stereocenters. The van der Waals surface area contributed by atoms with E-state index in [4.69, 9.17) is 4.74 Å². The van der Waals surface area contributed by atoms with Crippen molar-refractivity contribution >= 4 is 22.4 Å². The van der Waals surface area contributed by atoms with Crippen LogP contribution in [0.2, 0.25) is 0 Å². The molecule has 26 heavy (non-hydrogen) atoms. The minimum Gasteiger partial charge on any atom is -0.494 e. The SMILES string of the molecule is CCCOc1ccc(C=c2sc3nc(-c4ccncc4)nn3c2=O)cc1. The van der Waals surface area contributed by atoms with Gasteiger partial charge in [0.05, 0.1) is 11.1 Å². The molecule has 4 rings (SSSR count). The third-order valence-electron chi connectivity index (χ3n) is 3.77. The number of hydrogen-bond acceptors (Lipinski definition) is 6. The average Bonchev–Trinajstić information content (AvgIpc) is 3.22. The fraction of sp³-hybridized carbons (Fsp3) is 0.158. The highest BCUT2D eigenvalue weighted by Crippen LogP contribution is 2.16. The lowest BCUT2D eigenvalue weighted by atomic mass is 10.2. The van der Waals surface area contributed by atoms with Crippen LogP contribution in [0.4, 0.5) is 0 Å². The van der Waals surface area contributed by atoms with Gasteiger partial charge >= 0.3 is 0 Å². The van der Waals surface area contributed by atoms with Crippen LogP contribution in [0, 0.1) is 0 Å². The topological polar surface area (TPSA) is 69.4 Å². The first-order chi connectivity index (χ1) is 12.7. The van der Waals surface area contributed by atoms with Crippen molar-refractivity contribution in [2.45, 2.75) is 13.3 Å². The lowest BCUT2D eigenvalue weighted by Crippen LogP contribution is -2.23. The summed E-state index contributed by atoms with van der Waals surface area (Å²) in [6, 6.07) is 11.3. The third-order valence-corrected chi connectivity index (χ3v) is 4.73. The highest BCUT2D eigenvalue weighted by Gasteiger charge is 2.11. The highest BCUT2D eigenvalue weighted by molar-refractivity contribution is 7.15. The van der Waals surface area contributed by atoms with E-state index in [1.54, 1.807) is 12.4 Å². The molecule has 0 aliphatic rings. The lowest BCUT2D eigenvalue weighted by molar-refractivity contribution is 0.317. The standard InChI is InChI=1S/C19H16N4O2S/c1-2-11-25-15-5-3-13(4-6-15)12-16-18(24)23-19(26-16)21-17(22-23)14-7-9-20-10-8-14/h3-10,12H,2,11H2,1H3. The molecule has 0 aliphatic heterocycles. The number of hydrogen-bond donors (Lipinski definition) is 0. The van der Waals surface area contributed by atoms with Gasteiger partial charge in [-0.1, -0.05) is 30.4 Å². The summed E-state index contributed by atoms with van der Waals surface area (Å²) >= 11 is 1.33. The predicted molar refractivity (Wildman–Crippen MR) is 101 cm³/mol.